The summed E-state index contributed by atoms with van der Waals surface area (Å²) >= 11 is 7.92. The molecule has 3 rings (SSSR count). The van der Waals surface area contributed by atoms with Crippen molar-refractivity contribution >= 4 is 23.4 Å². The first-order valence-corrected chi connectivity index (χ1v) is 7.46. The standard InChI is InChI=1S/C13H15ClN4S/c1-18-8-16-17-13(18)19-12-4-2-3-11(14)10(12)7-15-9-5-6-9/h2-4,8-9,15H,5-7H2,1H3. The Morgan fingerprint density at radius 1 is 1.47 bits per heavy atom. The molecular formula is C13H15ClN4S. The average Bonchev–Trinajstić information content (AvgIpc) is 3.13. The van der Waals surface area contributed by atoms with Crippen LogP contribution in [0.15, 0.2) is 34.6 Å². The smallest absolute Gasteiger partial charge is 0.195 e. The van der Waals surface area contributed by atoms with Crippen molar-refractivity contribution in [1.82, 2.24) is 20.1 Å². The molecular weight excluding hydrogens is 280 g/mol. The molecule has 0 amide bonds. The molecule has 0 radical (unpaired) electrons. The summed E-state index contributed by atoms with van der Waals surface area (Å²) in [5.74, 6) is 0. The largest absolute Gasteiger partial charge is 0.311 e. The molecule has 1 fully saturated rings. The van der Waals surface area contributed by atoms with Crippen LogP contribution < -0.4 is 5.32 Å². The molecule has 0 unspecified atom stereocenters. The SMILES string of the molecule is Cn1cnnc1Sc1cccc(Cl)c1CNC1CC1. The summed E-state index contributed by atoms with van der Waals surface area (Å²) in [5, 5.41) is 13.2. The third-order valence-electron chi connectivity index (χ3n) is 3.09. The van der Waals surface area contributed by atoms with Crippen molar-refractivity contribution in [2.45, 2.75) is 35.5 Å². The second-order valence-corrected chi connectivity index (χ2v) is 6.11. The van der Waals surface area contributed by atoms with Gasteiger partial charge in [0.1, 0.15) is 6.33 Å². The van der Waals surface area contributed by atoms with Crippen LogP contribution in [0.3, 0.4) is 0 Å². The lowest BCUT2D eigenvalue weighted by Gasteiger charge is -2.11. The van der Waals surface area contributed by atoms with E-state index in [4.69, 9.17) is 11.6 Å². The van der Waals surface area contributed by atoms with Gasteiger partial charge in [-0.05, 0) is 42.3 Å². The lowest BCUT2D eigenvalue weighted by Crippen LogP contribution is -2.16. The Bertz CT molecular complexity index is 580. The number of nitrogens with one attached hydrogen (secondary N) is 1. The quantitative estimate of drug-likeness (QED) is 0.921. The van der Waals surface area contributed by atoms with E-state index in [1.54, 1.807) is 18.1 Å². The van der Waals surface area contributed by atoms with Gasteiger partial charge in [-0.3, -0.25) is 0 Å². The Balaban J connectivity index is 1.82. The third kappa shape index (κ3) is 3.11. The van der Waals surface area contributed by atoms with E-state index < -0.39 is 0 Å². The highest BCUT2D eigenvalue weighted by molar-refractivity contribution is 7.99. The summed E-state index contributed by atoms with van der Waals surface area (Å²) in [6.07, 6.45) is 4.25. The molecule has 0 spiro atoms. The highest BCUT2D eigenvalue weighted by atomic mass is 35.5. The number of rotatable bonds is 5. The van der Waals surface area contributed by atoms with E-state index in [2.05, 4.69) is 21.6 Å². The van der Waals surface area contributed by atoms with E-state index in [1.165, 1.54) is 12.8 Å². The summed E-state index contributed by atoms with van der Waals surface area (Å²) in [4.78, 5) is 1.14. The highest BCUT2D eigenvalue weighted by Gasteiger charge is 2.21. The topological polar surface area (TPSA) is 42.7 Å². The lowest BCUT2D eigenvalue weighted by atomic mass is 10.2. The molecule has 0 saturated heterocycles. The molecule has 1 saturated carbocycles. The van der Waals surface area contributed by atoms with Crippen molar-refractivity contribution in [3.8, 4) is 0 Å². The van der Waals surface area contributed by atoms with E-state index >= 15 is 0 Å². The van der Waals surface area contributed by atoms with Gasteiger partial charge >= 0.3 is 0 Å². The van der Waals surface area contributed by atoms with Gasteiger partial charge in [0, 0.05) is 29.6 Å². The van der Waals surface area contributed by atoms with E-state index in [-0.39, 0.29) is 0 Å². The Morgan fingerprint density at radius 3 is 3.00 bits per heavy atom. The van der Waals surface area contributed by atoms with Crippen LogP contribution in [0, 0.1) is 0 Å². The average molecular weight is 295 g/mol. The minimum Gasteiger partial charge on any atom is -0.311 e. The Kier molecular flexibility index (Phi) is 3.77. The molecule has 1 N–H and O–H groups in total. The summed E-state index contributed by atoms with van der Waals surface area (Å²) in [5.41, 5.74) is 1.14. The molecule has 1 aromatic carbocycles. The van der Waals surface area contributed by atoms with Crippen LogP contribution in [-0.2, 0) is 13.6 Å². The summed E-state index contributed by atoms with van der Waals surface area (Å²) in [6, 6.07) is 6.66. The van der Waals surface area contributed by atoms with E-state index in [9.17, 15) is 0 Å². The van der Waals surface area contributed by atoms with E-state index in [1.807, 2.05) is 23.7 Å². The summed E-state index contributed by atoms with van der Waals surface area (Å²) in [6.45, 7) is 0.810. The maximum atomic E-state index is 6.32. The number of benzene rings is 1. The molecule has 1 aliphatic carbocycles. The van der Waals surface area contributed by atoms with E-state index in [0.717, 1.165) is 27.2 Å². The second-order valence-electron chi connectivity index (χ2n) is 4.70. The maximum absolute atomic E-state index is 6.32. The minimum atomic E-state index is 0.670. The Hall–Kier alpha value is -1.04. The van der Waals surface area contributed by atoms with Crippen LogP contribution in [-0.4, -0.2) is 20.8 Å². The van der Waals surface area contributed by atoms with Crippen molar-refractivity contribution in [3.05, 3.63) is 35.1 Å². The lowest BCUT2D eigenvalue weighted by molar-refractivity contribution is 0.680. The Labute approximate surface area is 121 Å². The van der Waals surface area contributed by atoms with Crippen LogP contribution in [0.4, 0.5) is 0 Å². The minimum absolute atomic E-state index is 0.670. The van der Waals surface area contributed by atoms with Crippen LogP contribution in [0.5, 0.6) is 0 Å². The first kappa shape index (κ1) is 13.0. The van der Waals surface area contributed by atoms with Gasteiger partial charge in [0.2, 0.25) is 0 Å². The van der Waals surface area contributed by atoms with Crippen LogP contribution >= 0.6 is 23.4 Å². The van der Waals surface area contributed by atoms with Gasteiger partial charge in [-0.1, -0.05) is 17.7 Å². The van der Waals surface area contributed by atoms with Gasteiger partial charge in [0.25, 0.3) is 0 Å². The number of aromatic nitrogens is 3. The predicted molar refractivity (Wildman–Crippen MR) is 76.4 cm³/mol. The number of hydrogen-bond donors (Lipinski definition) is 1. The fourth-order valence-corrected chi connectivity index (χ4v) is 3.03. The number of aryl methyl sites for hydroxylation is 1. The Morgan fingerprint density at radius 2 is 2.32 bits per heavy atom. The fourth-order valence-electron chi connectivity index (χ4n) is 1.80. The van der Waals surface area contributed by atoms with E-state index in [0.29, 0.717) is 6.04 Å². The van der Waals surface area contributed by atoms with Gasteiger partial charge < -0.3 is 9.88 Å². The fraction of sp³-hybridized carbons (Fsp3) is 0.385. The molecule has 1 aromatic heterocycles. The van der Waals surface area contributed by atoms with Crippen LogP contribution in [0.2, 0.25) is 5.02 Å². The van der Waals surface area contributed by atoms with Crippen LogP contribution in [0.25, 0.3) is 0 Å². The van der Waals surface area contributed by atoms with Gasteiger partial charge in [0.05, 0.1) is 0 Å². The van der Waals surface area contributed by atoms with Crippen molar-refractivity contribution < 1.29 is 0 Å². The monoisotopic (exact) mass is 294 g/mol. The molecule has 100 valence electrons. The van der Waals surface area contributed by atoms with Gasteiger partial charge in [0.15, 0.2) is 5.16 Å². The van der Waals surface area contributed by atoms with Crippen LogP contribution in [0.1, 0.15) is 18.4 Å². The maximum Gasteiger partial charge on any atom is 0.195 e. The van der Waals surface area contributed by atoms with Crippen molar-refractivity contribution in [2.24, 2.45) is 7.05 Å². The molecule has 6 heteroatoms. The molecule has 0 aliphatic heterocycles. The second kappa shape index (κ2) is 5.53. The van der Waals surface area contributed by atoms with Crippen molar-refractivity contribution in [2.75, 3.05) is 0 Å². The predicted octanol–water partition coefficient (Wildman–Crippen LogP) is 2.87. The highest BCUT2D eigenvalue weighted by Crippen LogP contribution is 2.33. The van der Waals surface area contributed by atoms with Gasteiger partial charge in [-0.15, -0.1) is 10.2 Å². The zero-order chi connectivity index (χ0) is 13.2. The number of hydrogen-bond acceptors (Lipinski definition) is 4. The normalized spacial score (nSPS) is 14.8. The summed E-state index contributed by atoms with van der Waals surface area (Å²) in [7, 11) is 1.94. The molecule has 19 heavy (non-hydrogen) atoms. The molecule has 1 heterocycles. The molecule has 1 aliphatic rings. The zero-order valence-electron chi connectivity index (χ0n) is 10.6. The number of halogens is 1. The first-order chi connectivity index (χ1) is 9.24. The number of nitrogens with zero attached hydrogens (tertiary/aromatic N) is 3. The summed E-state index contributed by atoms with van der Waals surface area (Å²) < 4.78 is 1.91. The molecule has 2 aromatic rings. The van der Waals surface area contributed by atoms with Crippen molar-refractivity contribution in [3.63, 3.8) is 0 Å². The third-order valence-corrected chi connectivity index (χ3v) is 4.60. The first-order valence-electron chi connectivity index (χ1n) is 6.26. The van der Waals surface area contributed by atoms with Gasteiger partial charge in [-0.2, -0.15) is 0 Å². The molecule has 4 nitrogen and oxygen atoms in total. The molecule has 0 atom stereocenters. The van der Waals surface area contributed by atoms with Gasteiger partial charge in [-0.25, -0.2) is 0 Å². The molecule has 0 bridgehead atoms. The van der Waals surface area contributed by atoms with Crippen molar-refractivity contribution in [1.29, 1.82) is 0 Å². The zero-order valence-corrected chi connectivity index (χ0v) is 12.2.